The molecule has 1 aliphatic rings. The summed E-state index contributed by atoms with van der Waals surface area (Å²) < 4.78 is 4.69. The van der Waals surface area contributed by atoms with Gasteiger partial charge in [-0.1, -0.05) is 31.4 Å². The Balaban J connectivity index is 1.68. The van der Waals surface area contributed by atoms with Gasteiger partial charge in [0.05, 0.1) is 12.7 Å². The Kier molecular flexibility index (Phi) is 6.42. The second kappa shape index (κ2) is 9.17. The fraction of sp³-hybridized carbons (Fsp3) is 0.318. The zero-order valence-corrected chi connectivity index (χ0v) is 15.9. The highest BCUT2D eigenvalue weighted by atomic mass is 16.5. The highest BCUT2D eigenvalue weighted by Crippen LogP contribution is 2.18. The number of methoxy groups -OCH3 is 1. The quantitative estimate of drug-likeness (QED) is 0.773. The minimum absolute atomic E-state index is 0.158. The van der Waals surface area contributed by atoms with Crippen LogP contribution in [0.3, 0.4) is 0 Å². The van der Waals surface area contributed by atoms with Crippen molar-refractivity contribution in [1.82, 2.24) is 5.32 Å². The van der Waals surface area contributed by atoms with Gasteiger partial charge >= 0.3 is 5.97 Å². The number of nitrogens with one attached hydrogen (secondary N) is 2. The molecule has 0 atom stereocenters. The van der Waals surface area contributed by atoms with Gasteiger partial charge < -0.3 is 15.4 Å². The molecule has 0 saturated heterocycles. The number of hydrogen-bond donors (Lipinski definition) is 2. The molecule has 0 aromatic heterocycles. The number of rotatable bonds is 5. The van der Waals surface area contributed by atoms with Gasteiger partial charge in [0.25, 0.3) is 11.8 Å². The predicted octanol–water partition coefficient (Wildman–Crippen LogP) is 3.79. The van der Waals surface area contributed by atoms with Crippen LogP contribution in [0, 0.1) is 0 Å². The lowest BCUT2D eigenvalue weighted by atomic mass is 9.95. The van der Waals surface area contributed by atoms with Gasteiger partial charge in [-0.15, -0.1) is 0 Å². The van der Waals surface area contributed by atoms with E-state index in [-0.39, 0.29) is 17.9 Å². The largest absolute Gasteiger partial charge is 0.465 e. The van der Waals surface area contributed by atoms with Gasteiger partial charge in [-0.2, -0.15) is 0 Å². The lowest BCUT2D eigenvalue weighted by molar-refractivity contribution is 0.0600. The fourth-order valence-corrected chi connectivity index (χ4v) is 3.36. The average molecular weight is 380 g/mol. The number of carbonyl (C=O) groups is 3. The monoisotopic (exact) mass is 380 g/mol. The summed E-state index contributed by atoms with van der Waals surface area (Å²) in [5, 5.41) is 5.80. The van der Waals surface area contributed by atoms with Crippen LogP contribution in [0.15, 0.2) is 48.5 Å². The molecule has 3 rings (SSSR count). The van der Waals surface area contributed by atoms with Crippen molar-refractivity contribution in [2.75, 3.05) is 12.4 Å². The molecule has 0 spiro atoms. The third-order valence-electron chi connectivity index (χ3n) is 4.87. The van der Waals surface area contributed by atoms with Crippen LogP contribution in [0.1, 0.15) is 63.2 Å². The maximum atomic E-state index is 12.6. The number of hydrogen-bond acceptors (Lipinski definition) is 4. The number of ether oxygens (including phenoxy) is 1. The Morgan fingerprint density at radius 2 is 1.50 bits per heavy atom. The highest BCUT2D eigenvalue weighted by Gasteiger charge is 2.17. The standard InChI is InChI=1S/C22H24N2O4/c1-28-22(27)17-9-6-12-19(14-17)24-21(26)16-8-5-7-15(13-16)20(25)23-18-10-3-2-4-11-18/h5-9,12-14,18H,2-4,10-11H2,1H3,(H,23,25)(H,24,26). The van der Waals surface area contributed by atoms with Crippen molar-refractivity contribution in [1.29, 1.82) is 0 Å². The molecule has 28 heavy (non-hydrogen) atoms. The van der Waals surface area contributed by atoms with Crippen LogP contribution in [0.25, 0.3) is 0 Å². The summed E-state index contributed by atoms with van der Waals surface area (Å²) in [7, 11) is 1.30. The summed E-state index contributed by atoms with van der Waals surface area (Å²) in [6.45, 7) is 0. The van der Waals surface area contributed by atoms with Gasteiger partial charge in [-0.05, 0) is 49.2 Å². The molecule has 0 heterocycles. The average Bonchev–Trinajstić information content (AvgIpc) is 2.74. The van der Waals surface area contributed by atoms with E-state index in [1.165, 1.54) is 13.5 Å². The van der Waals surface area contributed by atoms with E-state index in [0.29, 0.717) is 22.4 Å². The Morgan fingerprint density at radius 3 is 2.21 bits per heavy atom. The summed E-state index contributed by atoms with van der Waals surface area (Å²) in [5.74, 6) is -0.985. The molecule has 1 fully saturated rings. The van der Waals surface area contributed by atoms with E-state index in [0.717, 1.165) is 25.7 Å². The molecular weight excluding hydrogens is 356 g/mol. The minimum atomic E-state index is -0.475. The van der Waals surface area contributed by atoms with Crippen LogP contribution >= 0.6 is 0 Å². The van der Waals surface area contributed by atoms with Crippen molar-refractivity contribution in [3.05, 3.63) is 65.2 Å². The molecule has 0 aliphatic heterocycles. The molecule has 2 aromatic rings. The minimum Gasteiger partial charge on any atom is -0.465 e. The molecule has 0 radical (unpaired) electrons. The molecule has 0 bridgehead atoms. The number of esters is 1. The van der Waals surface area contributed by atoms with Crippen molar-refractivity contribution < 1.29 is 19.1 Å². The van der Waals surface area contributed by atoms with E-state index in [9.17, 15) is 14.4 Å². The first kappa shape index (κ1) is 19.6. The first-order valence-electron chi connectivity index (χ1n) is 9.47. The maximum Gasteiger partial charge on any atom is 0.337 e. The van der Waals surface area contributed by atoms with E-state index < -0.39 is 5.97 Å². The zero-order valence-electron chi connectivity index (χ0n) is 15.9. The lowest BCUT2D eigenvalue weighted by Gasteiger charge is -2.22. The van der Waals surface area contributed by atoms with E-state index >= 15 is 0 Å². The van der Waals surface area contributed by atoms with Crippen LogP contribution in [0.4, 0.5) is 5.69 Å². The molecule has 1 aliphatic carbocycles. The first-order valence-corrected chi connectivity index (χ1v) is 9.47. The van der Waals surface area contributed by atoms with Crippen molar-refractivity contribution in [2.45, 2.75) is 38.1 Å². The molecule has 0 unspecified atom stereocenters. The topological polar surface area (TPSA) is 84.5 Å². The third-order valence-corrected chi connectivity index (χ3v) is 4.87. The van der Waals surface area contributed by atoms with Gasteiger partial charge in [0.2, 0.25) is 0 Å². The van der Waals surface area contributed by atoms with Gasteiger partial charge in [0.1, 0.15) is 0 Å². The zero-order chi connectivity index (χ0) is 19.9. The van der Waals surface area contributed by atoms with Crippen LogP contribution < -0.4 is 10.6 Å². The Morgan fingerprint density at radius 1 is 0.857 bits per heavy atom. The number of carbonyl (C=O) groups excluding carboxylic acids is 3. The van der Waals surface area contributed by atoms with Gasteiger partial charge in [0, 0.05) is 22.9 Å². The second-order valence-electron chi connectivity index (χ2n) is 6.92. The Bertz CT molecular complexity index is 872. The summed E-state index contributed by atoms with van der Waals surface area (Å²) in [6, 6.07) is 13.3. The predicted molar refractivity (Wildman–Crippen MR) is 107 cm³/mol. The summed E-state index contributed by atoms with van der Waals surface area (Å²) in [5.41, 5.74) is 1.66. The fourth-order valence-electron chi connectivity index (χ4n) is 3.36. The summed E-state index contributed by atoms with van der Waals surface area (Å²) >= 11 is 0. The third kappa shape index (κ3) is 4.97. The molecule has 146 valence electrons. The van der Waals surface area contributed by atoms with Crippen LogP contribution in [0.5, 0.6) is 0 Å². The van der Waals surface area contributed by atoms with Gasteiger partial charge in [0.15, 0.2) is 0 Å². The maximum absolute atomic E-state index is 12.6. The number of anilines is 1. The first-order chi connectivity index (χ1) is 13.6. The van der Waals surface area contributed by atoms with E-state index in [1.54, 1.807) is 48.5 Å². The summed E-state index contributed by atoms with van der Waals surface area (Å²) in [6.07, 6.45) is 5.50. The van der Waals surface area contributed by atoms with Crippen molar-refractivity contribution in [3.8, 4) is 0 Å². The molecule has 2 aromatic carbocycles. The van der Waals surface area contributed by atoms with Gasteiger partial charge in [-0.3, -0.25) is 9.59 Å². The summed E-state index contributed by atoms with van der Waals surface area (Å²) in [4.78, 5) is 36.7. The number of benzene rings is 2. The molecular formula is C22H24N2O4. The van der Waals surface area contributed by atoms with E-state index in [1.807, 2.05) is 0 Å². The lowest BCUT2D eigenvalue weighted by Crippen LogP contribution is -2.36. The van der Waals surface area contributed by atoms with Gasteiger partial charge in [-0.25, -0.2) is 4.79 Å². The molecule has 1 saturated carbocycles. The van der Waals surface area contributed by atoms with E-state index in [2.05, 4.69) is 15.4 Å². The molecule has 2 N–H and O–H groups in total. The SMILES string of the molecule is COC(=O)c1cccc(NC(=O)c2cccc(C(=O)NC3CCCCC3)c2)c1. The smallest absolute Gasteiger partial charge is 0.337 e. The molecule has 6 heteroatoms. The van der Waals surface area contributed by atoms with Crippen LogP contribution in [-0.2, 0) is 4.74 Å². The molecule has 6 nitrogen and oxygen atoms in total. The normalized spacial score (nSPS) is 14.2. The van der Waals surface area contributed by atoms with E-state index in [4.69, 9.17) is 0 Å². The van der Waals surface area contributed by atoms with Crippen LogP contribution in [-0.4, -0.2) is 30.9 Å². The van der Waals surface area contributed by atoms with Crippen molar-refractivity contribution in [3.63, 3.8) is 0 Å². The Hall–Kier alpha value is -3.15. The van der Waals surface area contributed by atoms with Crippen LogP contribution in [0.2, 0.25) is 0 Å². The van der Waals surface area contributed by atoms with Crippen molar-refractivity contribution in [2.24, 2.45) is 0 Å². The Labute approximate surface area is 164 Å². The van der Waals surface area contributed by atoms with Crippen molar-refractivity contribution >= 4 is 23.5 Å². The number of amides is 2. The molecule has 2 amide bonds. The second-order valence-corrected chi connectivity index (χ2v) is 6.92. The highest BCUT2D eigenvalue weighted by molar-refractivity contribution is 6.06.